The minimum absolute atomic E-state index is 0.0724. The van der Waals surface area contributed by atoms with Crippen molar-refractivity contribution in [2.24, 2.45) is 0 Å². The molecule has 0 bridgehead atoms. The van der Waals surface area contributed by atoms with Gasteiger partial charge in [0.25, 0.3) is 0 Å². The average Bonchev–Trinajstić information content (AvgIpc) is 2.98. The van der Waals surface area contributed by atoms with Crippen molar-refractivity contribution in [1.29, 1.82) is 0 Å². The molecule has 5 rings (SSSR count). The van der Waals surface area contributed by atoms with Gasteiger partial charge < -0.3 is 15.0 Å². The number of nitrogens with one attached hydrogen (secondary N) is 1. The lowest BCUT2D eigenvalue weighted by Crippen LogP contribution is -2.55. The molecule has 1 N–H and O–H groups in total. The van der Waals surface area contributed by atoms with Crippen LogP contribution >= 0.6 is 10.9 Å². The molecule has 1 aromatic heterocycles. The van der Waals surface area contributed by atoms with Crippen molar-refractivity contribution in [2.75, 3.05) is 30.9 Å². The molecule has 0 radical (unpaired) electrons. The fourth-order valence-electron chi connectivity index (χ4n) is 5.24. The first-order valence-electron chi connectivity index (χ1n) is 11.8. The van der Waals surface area contributed by atoms with Gasteiger partial charge in [0.2, 0.25) is 0 Å². The summed E-state index contributed by atoms with van der Waals surface area (Å²) in [5, 5.41) is 3.70. The number of nitrogens with zero attached hydrogens (tertiary/aromatic N) is 3. The van der Waals surface area contributed by atoms with E-state index in [0.717, 1.165) is 17.0 Å². The summed E-state index contributed by atoms with van der Waals surface area (Å²) in [6, 6.07) is 8.24. The number of aromatic nitrogens is 2. The molecular weight excluding hydrogens is 496 g/mol. The van der Waals surface area contributed by atoms with E-state index in [1.54, 1.807) is 12.1 Å². The number of thiol groups is 1. The summed E-state index contributed by atoms with van der Waals surface area (Å²) in [5.74, 6) is 0.237. The molecule has 0 spiro atoms. The highest BCUT2D eigenvalue weighted by molar-refractivity contribution is 8.17. The van der Waals surface area contributed by atoms with Crippen molar-refractivity contribution in [3.05, 3.63) is 58.3 Å². The highest BCUT2D eigenvalue weighted by Gasteiger charge is 2.36. The van der Waals surface area contributed by atoms with E-state index in [4.69, 9.17) is 4.74 Å². The molecule has 1 unspecified atom stereocenters. The number of hydrogen-bond acceptors (Lipinski definition) is 5. The first-order chi connectivity index (χ1) is 17.0. The Bertz CT molecular complexity index is 1340. The Morgan fingerprint density at radius 2 is 1.75 bits per heavy atom. The van der Waals surface area contributed by atoms with Crippen molar-refractivity contribution in [3.8, 4) is 0 Å². The Kier molecular flexibility index (Phi) is 6.50. The molecule has 36 heavy (non-hydrogen) atoms. The Labute approximate surface area is 208 Å². The molecule has 3 heterocycles. The van der Waals surface area contributed by atoms with E-state index in [2.05, 4.69) is 10.3 Å². The number of anilines is 1. The average molecular weight is 525 g/mol. The molecule has 1 saturated heterocycles. The van der Waals surface area contributed by atoms with E-state index in [1.807, 2.05) is 18.7 Å². The molecule has 2 aromatic carbocycles. The maximum atomic E-state index is 14.2. The zero-order chi connectivity index (χ0) is 25.8. The normalized spacial score (nSPS) is 25.7. The number of benzene rings is 2. The molecule has 2 aliphatic heterocycles. The van der Waals surface area contributed by atoms with Gasteiger partial charge in [0.05, 0.1) is 23.7 Å². The van der Waals surface area contributed by atoms with Crippen LogP contribution in [0.5, 0.6) is 0 Å². The van der Waals surface area contributed by atoms with E-state index in [1.165, 1.54) is 23.8 Å². The molecule has 4 atom stereocenters. The van der Waals surface area contributed by atoms with E-state index in [0.29, 0.717) is 34.6 Å². The van der Waals surface area contributed by atoms with E-state index < -0.39 is 40.2 Å². The number of piperazine rings is 1. The maximum Gasteiger partial charge on any atom is 0.416 e. The summed E-state index contributed by atoms with van der Waals surface area (Å²) in [4.78, 5) is 20.7. The summed E-state index contributed by atoms with van der Waals surface area (Å²) in [5.41, 5.74) is -0.859. The number of hydrogen-bond donors (Lipinski definition) is 2. The maximum absolute atomic E-state index is 14.2. The lowest BCUT2D eigenvalue weighted by atomic mass is 10.1. The van der Waals surface area contributed by atoms with Crippen LogP contribution in [0.4, 0.5) is 23.4 Å². The van der Waals surface area contributed by atoms with Crippen molar-refractivity contribution in [3.63, 3.8) is 0 Å². The van der Waals surface area contributed by atoms with Gasteiger partial charge in [-0.15, -0.1) is 0 Å². The second-order valence-electron chi connectivity index (χ2n) is 9.54. The summed E-state index contributed by atoms with van der Waals surface area (Å²) in [6.45, 7) is 5.17. The van der Waals surface area contributed by atoms with Crippen molar-refractivity contribution >= 4 is 27.6 Å². The van der Waals surface area contributed by atoms with Crippen LogP contribution in [0, 0.1) is 5.82 Å². The van der Waals surface area contributed by atoms with Gasteiger partial charge in [-0.1, -0.05) is 0 Å². The zero-order valence-electron chi connectivity index (χ0n) is 20.1. The summed E-state index contributed by atoms with van der Waals surface area (Å²) in [6.07, 6.45) is -5.01. The fourth-order valence-corrected chi connectivity index (χ4v) is 7.90. The smallest absolute Gasteiger partial charge is 0.379 e. The quantitative estimate of drug-likeness (QED) is 0.398. The van der Waals surface area contributed by atoms with Crippen LogP contribution in [0.25, 0.3) is 10.9 Å². The number of halogens is 4. The van der Waals surface area contributed by atoms with Gasteiger partial charge in [0.1, 0.15) is 11.6 Å². The predicted octanol–water partition coefficient (Wildman–Crippen LogP) is 4.19. The first-order valence-corrected chi connectivity index (χ1v) is 13.3. The van der Waals surface area contributed by atoms with Crippen LogP contribution in [0.1, 0.15) is 19.4 Å². The molecule has 0 saturated carbocycles. The van der Waals surface area contributed by atoms with E-state index in [-0.39, 0.29) is 24.4 Å². The molecule has 0 aliphatic carbocycles. The van der Waals surface area contributed by atoms with Crippen LogP contribution in [0.2, 0.25) is 0 Å². The SMILES string of the molecule is CO[C@H]1Cn2c(=O)nc(N3C[C@@H](C)N[C@@H](C)C3)c3cc(C(F)(F)F)cc(c32)[SH](c2ccc(F)cc2)C1. The van der Waals surface area contributed by atoms with Crippen molar-refractivity contribution in [2.45, 2.75) is 54.5 Å². The van der Waals surface area contributed by atoms with Crippen molar-refractivity contribution < 1.29 is 22.3 Å². The summed E-state index contributed by atoms with van der Waals surface area (Å²) < 4.78 is 63.3. The highest BCUT2D eigenvalue weighted by Crippen LogP contribution is 2.52. The minimum atomic E-state index is -4.59. The van der Waals surface area contributed by atoms with E-state index in [9.17, 15) is 22.4 Å². The summed E-state index contributed by atoms with van der Waals surface area (Å²) in [7, 11) is 0.132. The number of methoxy groups -OCH3 is 1. The van der Waals surface area contributed by atoms with Crippen LogP contribution in [-0.4, -0.2) is 53.7 Å². The van der Waals surface area contributed by atoms with Gasteiger partial charge in [-0.2, -0.15) is 29.1 Å². The zero-order valence-corrected chi connectivity index (χ0v) is 21.0. The third kappa shape index (κ3) is 4.59. The lowest BCUT2D eigenvalue weighted by molar-refractivity contribution is -0.137. The van der Waals surface area contributed by atoms with Crippen LogP contribution in [-0.2, 0) is 17.5 Å². The second-order valence-corrected chi connectivity index (χ2v) is 11.8. The van der Waals surface area contributed by atoms with Gasteiger partial charge in [-0.05, 0) is 55.1 Å². The minimum Gasteiger partial charge on any atom is -0.379 e. The highest BCUT2D eigenvalue weighted by atomic mass is 32.2. The van der Waals surface area contributed by atoms with Crippen LogP contribution in [0.15, 0.2) is 51.0 Å². The predicted molar refractivity (Wildman–Crippen MR) is 133 cm³/mol. The summed E-state index contributed by atoms with van der Waals surface area (Å²) >= 11 is 0. The molecule has 194 valence electrons. The van der Waals surface area contributed by atoms with Gasteiger partial charge in [-0.3, -0.25) is 4.57 Å². The molecule has 3 aromatic rings. The Balaban J connectivity index is 1.84. The Hall–Kier alpha value is -2.63. The fraction of sp³-hybridized carbons (Fsp3) is 0.440. The molecular formula is C25H28F4N4O2S. The van der Waals surface area contributed by atoms with Gasteiger partial charge in [0.15, 0.2) is 0 Å². The Morgan fingerprint density at radius 1 is 1.08 bits per heavy atom. The van der Waals surface area contributed by atoms with Crippen LogP contribution in [0.3, 0.4) is 0 Å². The largest absolute Gasteiger partial charge is 0.416 e. The standard InChI is InChI=1S/C25H28F4N4O2S/c1-14-10-32(11-15(2)30-14)23-20-8-16(25(27,28)29)9-21-22(20)33(24(34)31-23)12-18(35-3)13-36(21)19-6-4-17(26)5-7-19/h4-9,14-15,18,30,36H,10-13H2,1-3H3/t14-,15+,18-/m0/s1. The monoisotopic (exact) mass is 524 g/mol. The number of alkyl halides is 3. The third-order valence-corrected chi connectivity index (χ3v) is 9.37. The van der Waals surface area contributed by atoms with Crippen LogP contribution < -0.4 is 15.9 Å². The van der Waals surface area contributed by atoms with Gasteiger partial charge >= 0.3 is 11.9 Å². The molecule has 2 aliphatic rings. The third-order valence-electron chi connectivity index (χ3n) is 6.75. The Morgan fingerprint density at radius 3 is 2.36 bits per heavy atom. The molecule has 1 fully saturated rings. The number of ether oxygens (including phenoxy) is 1. The van der Waals surface area contributed by atoms with E-state index >= 15 is 0 Å². The van der Waals surface area contributed by atoms with Gasteiger partial charge in [0, 0.05) is 48.3 Å². The van der Waals surface area contributed by atoms with Gasteiger partial charge in [-0.25, -0.2) is 9.18 Å². The molecule has 6 nitrogen and oxygen atoms in total. The lowest BCUT2D eigenvalue weighted by Gasteiger charge is -2.37. The van der Waals surface area contributed by atoms with Crippen molar-refractivity contribution in [1.82, 2.24) is 14.9 Å². The first kappa shape index (κ1) is 25.0. The number of rotatable bonds is 3. The second kappa shape index (κ2) is 9.35. The molecule has 11 heteroatoms. The molecule has 0 amide bonds. The topological polar surface area (TPSA) is 59.4 Å².